The van der Waals surface area contributed by atoms with Crippen molar-refractivity contribution in [1.29, 1.82) is 0 Å². The third-order valence-electron chi connectivity index (χ3n) is 2.82. The van der Waals surface area contributed by atoms with E-state index in [1.807, 2.05) is 25.4 Å². The maximum atomic E-state index is 12.2. The van der Waals surface area contributed by atoms with Crippen molar-refractivity contribution in [2.45, 2.75) is 13.8 Å². The van der Waals surface area contributed by atoms with Crippen molar-refractivity contribution in [3.05, 3.63) is 18.3 Å². The Morgan fingerprint density at radius 2 is 2.25 bits per heavy atom. The average Bonchev–Trinajstić information content (AvgIpc) is 2.76. The van der Waals surface area contributed by atoms with Gasteiger partial charge in [-0.25, -0.2) is 0 Å². The van der Waals surface area contributed by atoms with Gasteiger partial charge in [-0.05, 0) is 25.1 Å². The standard InChI is InChI=1S/C12H21N3O/c1-9(2)10(8-13-3)12(16)15(4)11-6-5-7-14-11/h5-7,9-10,13-14H,8H2,1-4H3. The maximum absolute atomic E-state index is 12.2. The quantitative estimate of drug-likeness (QED) is 0.794. The molecule has 0 saturated carbocycles. The fraction of sp³-hybridized carbons (Fsp3) is 0.583. The Balaban J connectivity index is 2.74. The van der Waals surface area contributed by atoms with Crippen molar-refractivity contribution < 1.29 is 4.79 Å². The van der Waals surface area contributed by atoms with Crippen LogP contribution < -0.4 is 10.2 Å². The van der Waals surface area contributed by atoms with E-state index >= 15 is 0 Å². The van der Waals surface area contributed by atoms with E-state index < -0.39 is 0 Å². The van der Waals surface area contributed by atoms with Crippen molar-refractivity contribution in [2.75, 3.05) is 25.5 Å². The molecule has 1 unspecified atom stereocenters. The zero-order valence-electron chi connectivity index (χ0n) is 10.4. The smallest absolute Gasteiger partial charge is 0.232 e. The number of rotatable bonds is 5. The summed E-state index contributed by atoms with van der Waals surface area (Å²) in [6.07, 6.45) is 1.82. The molecule has 0 aliphatic heterocycles. The van der Waals surface area contributed by atoms with Crippen LogP contribution in [0.4, 0.5) is 5.82 Å². The number of hydrogen-bond donors (Lipinski definition) is 2. The number of amides is 1. The van der Waals surface area contributed by atoms with Gasteiger partial charge in [0.05, 0.1) is 5.92 Å². The number of H-pyrrole nitrogens is 1. The predicted octanol–water partition coefficient (Wildman–Crippen LogP) is 1.47. The lowest BCUT2D eigenvalue weighted by Crippen LogP contribution is -2.40. The third-order valence-corrected chi connectivity index (χ3v) is 2.82. The molecule has 16 heavy (non-hydrogen) atoms. The van der Waals surface area contributed by atoms with E-state index in [0.29, 0.717) is 12.5 Å². The molecule has 0 aliphatic rings. The second kappa shape index (κ2) is 5.70. The molecule has 0 bridgehead atoms. The van der Waals surface area contributed by atoms with Crippen LogP contribution in [-0.4, -0.2) is 31.5 Å². The number of carbonyl (C=O) groups excluding carboxylic acids is 1. The van der Waals surface area contributed by atoms with Crippen LogP contribution in [0.3, 0.4) is 0 Å². The first-order valence-corrected chi connectivity index (χ1v) is 5.63. The van der Waals surface area contributed by atoms with Crippen LogP contribution in [-0.2, 0) is 4.79 Å². The molecule has 0 aliphatic carbocycles. The van der Waals surface area contributed by atoms with Gasteiger partial charge < -0.3 is 15.2 Å². The number of aromatic amines is 1. The molecule has 1 aromatic rings. The Morgan fingerprint density at radius 3 is 2.69 bits per heavy atom. The van der Waals surface area contributed by atoms with Crippen LogP contribution in [0.15, 0.2) is 18.3 Å². The predicted molar refractivity (Wildman–Crippen MR) is 66.5 cm³/mol. The minimum Gasteiger partial charge on any atom is -0.348 e. The summed E-state index contributed by atoms with van der Waals surface area (Å²) < 4.78 is 0. The molecule has 1 amide bonds. The van der Waals surface area contributed by atoms with Crippen molar-refractivity contribution in [1.82, 2.24) is 10.3 Å². The van der Waals surface area contributed by atoms with E-state index in [0.717, 1.165) is 5.82 Å². The second-order valence-electron chi connectivity index (χ2n) is 4.36. The molecule has 0 radical (unpaired) electrons. The summed E-state index contributed by atoms with van der Waals surface area (Å²) in [6, 6.07) is 3.79. The van der Waals surface area contributed by atoms with E-state index in [1.54, 1.807) is 11.9 Å². The monoisotopic (exact) mass is 223 g/mol. The lowest BCUT2D eigenvalue weighted by atomic mass is 9.94. The zero-order chi connectivity index (χ0) is 12.1. The van der Waals surface area contributed by atoms with Gasteiger partial charge in [-0.3, -0.25) is 4.79 Å². The second-order valence-corrected chi connectivity index (χ2v) is 4.36. The third kappa shape index (κ3) is 2.85. The Morgan fingerprint density at radius 1 is 1.56 bits per heavy atom. The number of nitrogens with zero attached hydrogens (tertiary/aromatic N) is 1. The van der Waals surface area contributed by atoms with Crippen molar-refractivity contribution in [2.24, 2.45) is 11.8 Å². The molecule has 4 nitrogen and oxygen atoms in total. The van der Waals surface area contributed by atoms with Crippen LogP contribution in [0, 0.1) is 11.8 Å². The van der Waals surface area contributed by atoms with E-state index in [1.165, 1.54) is 0 Å². The van der Waals surface area contributed by atoms with Gasteiger partial charge in [0.2, 0.25) is 5.91 Å². The first-order valence-electron chi connectivity index (χ1n) is 5.63. The summed E-state index contributed by atoms with van der Waals surface area (Å²) in [4.78, 5) is 17.0. The summed E-state index contributed by atoms with van der Waals surface area (Å²) in [5.74, 6) is 1.33. The highest BCUT2D eigenvalue weighted by atomic mass is 16.2. The molecule has 90 valence electrons. The first-order chi connectivity index (χ1) is 7.57. The lowest BCUT2D eigenvalue weighted by molar-refractivity contribution is -0.123. The molecular formula is C12H21N3O. The Hall–Kier alpha value is -1.29. The average molecular weight is 223 g/mol. The van der Waals surface area contributed by atoms with Crippen LogP contribution in [0.2, 0.25) is 0 Å². The first kappa shape index (κ1) is 12.8. The Bertz CT molecular complexity index is 319. The minimum absolute atomic E-state index is 0.0123. The molecule has 0 saturated heterocycles. The molecule has 0 spiro atoms. The van der Waals surface area contributed by atoms with E-state index in [9.17, 15) is 4.79 Å². The van der Waals surface area contributed by atoms with Crippen molar-refractivity contribution >= 4 is 11.7 Å². The SMILES string of the molecule is CNCC(C(=O)N(C)c1ccc[nH]1)C(C)C. The van der Waals surface area contributed by atoms with Gasteiger partial charge in [-0.15, -0.1) is 0 Å². The van der Waals surface area contributed by atoms with Gasteiger partial charge >= 0.3 is 0 Å². The minimum atomic E-state index is 0.0123. The highest BCUT2D eigenvalue weighted by Crippen LogP contribution is 2.17. The van der Waals surface area contributed by atoms with E-state index in [-0.39, 0.29) is 11.8 Å². The summed E-state index contributed by atoms with van der Waals surface area (Å²) in [5, 5.41) is 3.07. The van der Waals surface area contributed by atoms with Gasteiger partial charge in [0.1, 0.15) is 5.82 Å². The Labute approximate surface area is 97.0 Å². The molecule has 1 heterocycles. The topological polar surface area (TPSA) is 48.1 Å². The summed E-state index contributed by atoms with van der Waals surface area (Å²) in [6.45, 7) is 4.85. The van der Waals surface area contributed by atoms with Crippen molar-refractivity contribution in [3.8, 4) is 0 Å². The summed E-state index contributed by atoms with van der Waals surface area (Å²) in [5.41, 5.74) is 0. The molecule has 1 atom stereocenters. The Kier molecular flexibility index (Phi) is 4.55. The van der Waals surface area contributed by atoms with E-state index in [4.69, 9.17) is 0 Å². The molecular weight excluding hydrogens is 202 g/mol. The molecule has 0 fully saturated rings. The number of carbonyl (C=O) groups is 1. The van der Waals surface area contributed by atoms with Gasteiger partial charge in [0, 0.05) is 19.8 Å². The normalized spacial score (nSPS) is 12.8. The zero-order valence-corrected chi connectivity index (χ0v) is 10.4. The van der Waals surface area contributed by atoms with Gasteiger partial charge in [-0.2, -0.15) is 0 Å². The van der Waals surface area contributed by atoms with Crippen molar-refractivity contribution in [3.63, 3.8) is 0 Å². The number of hydrogen-bond acceptors (Lipinski definition) is 2. The largest absolute Gasteiger partial charge is 0.348 e. The molecule has 1 aromatic heterocycles. The summed E-state index contributed by atoms with van der Waals surface area (Å²) in [7, 11) is 3.68. The number of anilines is 1. The molecule has 1 rings (SSSR count). The maximum Gasteiger partial charge on any atom is 0.232 e. The molecule has 2 N–H and O–H groups in total. The number of nitrogens with one attached hydrogen (secondary N) is 2. The fourth-order valence-corrected chi connectivity index (χ4v) is 1.73. The van der Waals surface area contributed by atoms with Gasteiger partial charge in [0.25, 0.3) is 0 Å². The van der Waals surface area contributed by atoms with E-state index in [2.05, 4.69) is 24.1 Å². The lowest BCUT2D eigenvalue weighted by Gasteiger charge is -2.25. The van der Waals surface area contributed by atoms with Crippen LogP contribution >= 0.6 is 0 Å². The molecule has 0 aromatic carbocycles. The molecule has 4 heteroatoms. The fourth-order valence-electron chi connectivity index (χ4n) is 1.73. The van der Waals surface area contributed by atoms with Crippen LogP contribution in [0.5, 0.6) is 0 Å². The number of aromatic nitrogens is 1. The highest BCUT2D eigenvalue weighted by Gasteiger charge is 2.25. The van der Waals surface area contributed by atoms with Gasteiger partial charge in [-0.1, -0.05) is 13.8 Å². The van der Waals surface area contributed by atoms with Gasteiger partial charge in [0.15, 0.2) is 0 Å². The highest BCUT2D eigenvalue weighted by molar-refractivity contribution is 5.94. The van der Waals surface area contributed by atoms with Crippen LogP contribution in [0.25, 0.3) is 0 Å². The van der Waals surface area contributed by atoms with Crippen LogP contribution in [0.1, 0.15) is 13.8 Å². The summed E-state index contributed by atoms with van der Waals surface area (Å²) >= 11 is 0.